The number of rotatable bonds is 11. The van der Waals surface area contributed by atoms with Crippen LogP contribution in [0.15, 0.2) is 23.9 Å². The standard InChI is InChI=1S/C29H37ClF2N6O5/c1-16-25(24(17(2)33)18(3)39)35-26(21-9-20(5-6-22(21)30)42-11-19(40)10-34-4)36-27(16)38-14-29(15-38)7-8-37(13-29)28(41)43-12-23(31)32/h5-6,9,19,23,34,40H,7-8,10-15,33H2,1-4H3/t19-/m1/s1. The first-order valence-electron chi connectivity index (χ1n) is 13.9. The Kier molecular flexibility index (Phi) is 10.1. The quantitative estimate of drug-likeness (QED) is 0.320. The fourth-order valence-electron chi connectivity index (χ4n) is 5.55. The maximum Gasteiger partial charge on any atom is 0.409 e. The predicted octanol–water partition coefficient (Wildman–Crippen LogP) is 3.26. The van der Waals surface area contributed by atoms with Crippen molar-refractivity contribution in [2.24, 2.45) is 11.1 Å². The SMILES string of the molecule is CNC[C@@H](O)COc1ccc(Cl)c(-c2nc(C(C(C)=O)=C(C)N)c(C)c(N3CC4(CCN(C(=O)OCC(F)F)C4)C3)n2)c1. The highest BCUT2D eigenvalue weighted by atomic mass is 35.5. The molecule has 2 aromatic rings. The first kappa shape index (κ1) is 32.4. The second-order valence-corrected chi connectivity index (χ2v) is 11.5. The van der Waals surface area contributed by atoms with Crippen molar-refractivity contribution in [2.75, 3.05) is 57.9 Å². The fraction of sp³-hybridized carbons (Fsp3) is 0.517. The lowest BCUT2D eigenvalue weighted by Gasteiger charge is -2.49. The Morgan fingerprint density at radius 1 is 1.21 bits per heavy atom. The van der Waals surface area contributed by atoms with E-state index in [0.717, 1.165) is 0 Å². The monoisotopic (exact) mass is 622 g/mol. The number of carbonyl (C=O) groups is 2. The number of Topliss-reactive ketones (excluding diaryl/α,β-unsaturated/α-hetero) is 1. The topological polar surface area (TPSA) is 143 Å². The van der Waals surface area contributed by atoms with E-state index < -0.39 is 25.2 Å². The van der Waals surface area contributed by atoms with Crippen molar-refractivity contribution < 1.29 is 33.0 Å². The number of ketones is 1. The molecule has 1 aromatic heterocycles. The van der Waals surface area contributed by atoms with Gasteiger partial charge < -0.3 is 35.4 Å². The van der Waals surface area contributed by atoms with E-state index in [2.05, 4.69) is 5.32 Å². The van der Waals surface area contributed by atoms with E-state index in [9.17, 15) is 23.5 Å². The van der Waals surface area contributed by atoms with Crippen molar-refractivity contribution in [3.63, 3.8) is 0 Å². The highest BCUT2D eigenvalue weighted by molar-refractivity contribution is 6.33. The van der Waals surface area contributed by atoms with Crippen molar-refractivity contribution in [1.29, 1.82) is 0 Å². The van der Waals surface area contributed by atoms with E-state index >= 15 is 0 Å². The van der Waals surface area contributed by atoms with Crippen LogP contribution >= 0.6 is 11.6 Å². The molecule has 2 fully saturated rings. The number of allylic oxidation sites excluding steroid dienone is 2. The second-order valence-electron chi connectivity index (χ2n) is 11.1. The first-order chi connectivity index (χ1) is 20.3. The lowest BCUT2D eigenvalue weighted by atomic mass is 9.79. The van der Waals surface area contributed by atoms with Gasteiger partial charge in [0.2, 0.25) is 0 Å². The van der Waals surface area contributed by atoms with Gasteiger partial charge in [0.25, 0.3) is 6.43 Å². The summed E-state index contributed by atoms with van der Waals surface area (Å²) in [7, 11) is 1.73. The van der Waals surface area contributed by atoms with Crippen LogP contribution in [0.4, 0.5) is 19.4 Å². The highest BCUT2D eigenvalue weighted by Gasteiger charge is 2.50. The molecular weight excluding hydrogens is 586 g/mol. The predicted molar refractivity (Wildman–Crippen MR) is 158 cm³/mol. The van der Waals surface area contributed by atoms with Gasteiger partial charge in [-0.2, -0.15) is 0 Å². The molecule has 0 bridgehead atoms. The number of alkyl halides is 2. The molecule has 3 heterocycles. The Labute approximate surface area is 254 Å². The molecule has 43 heavy (non-hydrogen) atoms. The average molecular weight is 623 g/mol. The number of nitrogens with one attached hydrogen (secondary N) is 1. The fourth-order valence-corrected chi connectivity index (χ4v) is 5.75. The average Bonchev–Trinajstić information content (AvgIpc) is 3.37. The van der Waals surface area contributed by atoms with Crippen molar-refractivity contribution in [3.8, 4) is 17.1 Å². The van der Waals surface area contributed by atoms with E-state index in [1.165, 1.54) is 11.8 Å². The molecule has 2 aliphatic heterocycles. The number of nitrogens with two attached hydrogens (primary N) is 1. The minimum atomic E-state index is -2.72. The Bertz CT molecular complexity index is 1400. The Balaban J connectivity index is 1.66. The van der Waals surface area contributed by atoms with Crippen LogP contribution in [-0.2, 0) is 9.53 Å². The van der Waals surface area contributed by atoms with E-state index in [4.69, 9.17) is 36.8 Å². The summed E-state index contributed by atoms with van der Waals surface area (Å²) in [5, 5.41) is 13.3. The second kappa shape index (κ2) is 13.4. The lowest BCUT2D eigenvalue weighted by Crippen LogP contribution is -2.58. The molecule has 2 saturated heterocycles. The molecule has 4 rings (SSSR count). The zero-order chi connectivity index (χ0) is 31.5. The van der Waals surface area contributed by atoms with Crippen molar-refractivity contribution >= 4 is 34.9 Å². The number of amides is 1. The van der Waals surface area contributed by atoms with Crippen LogP contribution in [0.1, 0.15) is 31.5 Å². The van der Waals surface area contributed by atoms with E-state index in [1.54, 1.807) is 32.2 Å². The molecule has 2 aliphatic rings. The Morgan fingerprint density at radius 3 is 2.56 bits per heavy atom. The molecule has 0 saturated carbocycles. The third-order valence-electron chi connectivity index (χ3n) is 7.55. The summed E-state index contributed by atoms with van der Waals surface area (Å²) in [6.45, 7) is 6.23. The summed E-state index contributed by atoms with van der Waals surface area (Å²) >= 11 is 6.60. The molecule has 1 amide bonds. The minimum absolute atomic E-state index is 0.0549. The van der Waals surface area contributed by atoms with Crippen LogP contribution in [0.25, 0.3) is 17.0 Å². The zero-order valence-electron chi connectivity index (χ0n) is 24.6. The number of anilines is 1. The molecule has 0 unspecified atom stereocenters. The van der Waals surface area contributed by atoms with Crippen LogP contribution in [0.2, 0.25) is 5.02 Å². The van der Waals surface area contributed by atoms with E-state index in [1.807, 2.05) is 11.8 Å². The Hall–Kier alpha value is -3.55. The number of aromatic nitrogens is 2. The summed E-state index contributed by atoms with van der Waals surface area (Å²) in [5.74, 6) is 1.03. The smallest absolute Gasteiger partial charge is 0.409 e. The van der Waals surface area contributed by atoms with Gasteiger partial charge in [-0.15, -0.1) is 0 Å². The minimum Gasteiger partial charge on any atom is -0.491 e. The first-order valence-corrected chi connectivity index (χ1v) is 14.3. The van der Waals surface area contributed by atoms with Crippen molar-refractivity contribution in [2.45, 2.75) is 39.7 Å². The number of nitrogens with zero attached hydrogens (tertiary/aromatic N) is 4. The van der Waals surface area contributed by atoms with Crippen LogP contribution < -0.4 is 20.7 Å². The number of carbonyl (C=O) groups excluding carboxylic acids is 2. The molecule has 4 N–H and O–H groups in total. The highest BCUT2D eigenvalue weighted by Crippen LogP contribution is 2.44. The van der Waals surface area contributed by atoms with Crippen LogP contribution in [-0.4, -0.2) is 97.4 Å². The van der Waals surface area contributed by atoms with Gasteiger partial charge in [-0.3, -0.25) is 4.79 Å². The lowest BCUT2D eigenvalue weighted by molar-refractivity contribution is -0.111. The Morgan fingerprint density at radius 2 is 1.93 bits per heavy atom. The summed E-state index contributed by atoms with van der Waals surface area (Å²) in [6.07, 6.45) is -3.50. The van der Waals surface area contributed by atoms with Gasteiger partial charge in [0.05, 0.1) is 16.3 Å². The zero-order valence-corrected chi connectivity index (χ0v) is 25.4. The molecule has 0 aliphatic carbocycles. The summed E-state index contributed by atoms with van der Waals surface area (Å²) in [6, 6.07) is 5.00. The molecule has 1 spiro atoms. The number of ether oxygens (including phenoxy) is 2. The van der Waals surface area contributed by atoms with E-state index in [-0.39, 0.29) is 29.2 Å². The molecular formula is C29H37ClF2N6O5. The molecule has 14 heteroatoms. The summed E-state index contributed by atoms with van der Waals surface area (Å²) in [4.78, 5) is 38.0. The largest absolute Gasteiger partial charge is 0.491 e. The number of hydrogen-bond acceptors (Lipinski definition) is 10. The maximum atomic E-state index is 12.7. The van der Waals surface area contributed by atoms with Crippen molar-refractivity contribution in [1.82, 2.24) is 20.2 Å². The number of benzene rings is 1. The van der Waals surface area contributed by atoms with Crippen molar-refractivity contribution in [3.05, 3.63) is 40.2 Å². The van der Waals surface area contributed by atoms with Crippen LogP contribution in [0.5, 0.6) is 5.75 Å². The van der Waals surface area contributed by atoms with Gasteiger partial charge in [0, 0.05) is 55.0 Å². The van der Waals surface area contributed by atoms with Gasteiger partial charge in [0.15, 0.2) is 18.2 Å². The number of hydrogen-bond donors (Lipinski definition) is 3. The van der Waals surface area contributed by atoms with Gasteiger partial charge in [-0.25, -0.2) is 23.5 Å². The third kappa shape index (κ3) is 7.34. The number of likely N-dealkylation sites (tertiary alicyclic amines) is 1. The van der Waals surface area contributed by atoms with Gasteiger partial charge in [-0.05, 0) is 52.4 Å². The number of aliphatic hydroxyl groups is 1. The normalized spacial score (nSPS) is 17.1. The summed E-state index contributed by atoms with van der Waals surface area (Å²) in [5.41, 5.74) is 7.97. The van der Waals surface area contributed by atoms with E-state index in [0.29, 0.717) is 78.3 Å². The molecule has 1 aromatic carbocycles. The van der Waals surface area contributed by atoms with Crippen LogP contribution in [0.3, 0.4) is 0 Å². The molecule has 1 atom stereocenters. The molecule has 234 valence electrons. The molecule has 11 nitrogen and oxygen atoms in total. The van der Waals surface area contributed by atoms with Gasteiger partial charge >= 0.3 is 6.09 Å². The molecule has 0 radical (unpaired) electrons. The van der Waals surface area contributed by atoms with Gasteiger partial charge in [-0.1, -0.05) is 11.6 Å². The number of aliphatic hydroxyl groups excluding tert-OH is 1. The van der Waals surface area contributed by atoms with Gasteiger partial charge in [0.1, 0.15) is 24.3 Å². The number of likely N-dealkylation sites (N-methyl/N-ethyl adjacent to an activating group) is 1. The third-order valence-corrected chi connectivity index (χ3v) is 7.88. The maximum absolute atomic E-state index is 12.7. The van der Waals surface area contributed by atoms with Crippen LogP contribution in [0, 0.1) is 12.3 Å². The summed E-state index contributed by atoms with van der Waals surface area (Å²) < 4.78 is 35.5. The number of halogens is 3.